The molecule has 3 rings (SSSR count). The van der Waals surface area contributed by atoms with Crippen LogP contribution in [0.1, 0.15) is 38.7 Å². The van der Waals surface area contributed by atoms with Crippen molar-refractivity contribution in [3.8, 4) is 0 Å². The number of carbonyl (C=O) groups excluding carboxylic acids is 1. The third-order valence-electron chi connectivity index (χ3n) is 6.06. The van der Waals surface area contributed by atoms with Gasteiger partial charge in [0.25, 0.3) is 0 Å². The number of hydrogen-bond donors (Lipinski definition) is 1. The molecule has 0 radical (unpaired) electrons. The van der Waals surface area contributed by atoms with Crippen LogP contribution in [0.5, 0.6) is 0 Å². The lowest BCUT2D eigenvalue weighted by atomic mass is 9.70. The van der Waals surface area contributed by atoms with Gasteiger partial charge >= 0.3 is 0 Å². The summed E-state index contributed by atoms with van der Waals surface area (Å²) in [4.78, 5) is 12.5. The first-order chi connectivity index (χ1) is 10.6. The average molecular weight is 356 g/mol. The van der Waals surface area contributed by atoms with E-state index in [4.69, 9.17) is 11.6 Å². The molecule has 2 atom stereocenters. The molecule has 0 spiro atoms. The Morgan fingerprint density at radius 2 is 2.04 bits per heavy atom. The summed E-state index contributed by atoms with van der Waals surface area (Å²) in [5.74, 6) is 0.236. The number of sulfonamides is 1. The number of fused-ring (bicyclic) bond motifs is 2. The molecule has 0 aliphatic heterocycles. The second-order valence-electron chi connectivity index (χ2n) is 7.46. The van der Waals surface area contributed by atoms with Gasteiger partial charge in [0.15, 0.2) is 0 Å². The van der Waals surface area contributed by atoms with Gasteiger partial charge in [0.05, 0.1) is 21.9 Å². The lowest BCUT2D eigenvalue weighted by Gasteiger charge is -2.36. The summed E-state index contributed by atoms with van der Waals surface area (Å²) >= 11 is 6.12. The number of hydrogen-bond acceptors (Lipinski definition) is 3. The fourth-order valence-electron chi connectivity index (χ4n) is 4.39. The van der Waals surface area contributed by atoms with E-state index in [0.29, 0.717) is 29.5 Å². The molecule has 4 nitrogen and oxygen atoms in total. The molecule has 1 aromatic rings. The minimum atomic E-state index is -3.67. The van der Waals surface area contributed by atoms with Gasteiger partial charge in [0.2, 0.25) is 10.0 Å². The highest BCUT2D eigenvalue weighted by molar-refractivity contribution is 7.92. The van der Waals surface area contributed by atoms with Crippen LogP contribution >= 0.6 is 11.6 Å². The number of Topliss-reactive ketones (excluding diaryl/α,β-unsaturated/α-hetero) is 1. The molecule has 6 heteroatoms. The fourth-order valence-corrected chi connectivity index (χ4v) is 6.69. The van der Waals surface area contributed by atoms with Crippen LogP contribution in [0.25, 0.3) is 0 Å². The van der Waals surface area contributed by atoms with Crippen molar-refractivity contribution in [2.24, 2.45) is 16.7 Å². The zero-order valence-corrected chi connectivity index (χ0v) is 15.2. The zero-order valence-electron chi connectivity index (χ0n) is 13.6. The van der Waals surface area contributed by atoms with E-state index in [1.807, 2.05) is 13.8 Å². The zero-order chi connectivity index (χ0) is 17.0. The number of ketones is 1. The summed E-state index contributed by atoms with van der Waals surface area (Å²) in [7, 11) is -3.67. The molecule has 2 fully saturated rings. The maximum Gasteiger partial charge on any atom is 0.233 e. The van der Waals surface area contributed by atoms with Gasteiger partial charge in [-0.25, -0.2) is 8.42 Å². The smallest absolute Gasteiger partial charge is 0.233 e. The van der Waals surface area contributed by atoms with Crippen molar-refractivity contribution in [2.75, 3.05) is 10.5 Å². The average Bonchev–Trinajstić information content (AvgIpc) is 2.76. The van der Waals surface area contributed by atoms with Gasteiger partial charge in [-0.3, -0.25) is 9.52 Å². The molecule has 23 heavy (non-hydrogen) atoms. The molecule has 1 N–H and O–H groups in total. The third kappa shape index (κ3) is 2.49. The lowest BCUT2D eigenvalue weighted by Crippen LogP contribution is -2.43. The number of rotatable bonds is 4. The van der Waals surface area contributed by atoms with Gasteiger partial charge in [-0.15, -0.1) is 0 Å². The van der Waals surface area contributed by atoms with Crippen LogP contribution in [0.3, 0.4) is 0 Å². The maximum atomic E-state index is 12.8. The summed E-state index contributed by atoms with van der Waals surface area (Å²) in [6.07, 6.45) is 2.10. The number of carbonyl (C=O) groups is 1. The molecule has 0 heterocycles. The Bertz CT molecular complexity index is 752. The number of halogens is 1. The second-order valence-corrected chi connectivity index (χ2v) is 9.59. The standard InChI is InChI=1S/C17H22ClNO3S/c1-11-5-4-6-13(18)15(11)19-23(21,22)10-17-8-7-12(9-14(17)20)16(17,2)3/h4-6,12,19H,7-10H2,1-3H3/t12-,17-/m0/s1. The largest absolute Gasteiger partial charge is 0.299 e. The molecule has 0 unspecified atom stereocenters. The fraction of sp³-hybridized carbons (Fsp3) is 0.588. The van der Waals surface area contributed by atoms with Crippen molar-refractivity contribution in [3.05, 3.63) is 28.8 Å². The Morgan fingerprint density at radius 3 is 2.57 bits per heavy atom. The van der Waals surface area contributed by atoms with Crippen LogP contribution in [-0.2, 0) is 14.8 Å². The summed E-state index contributed by atoms with van der Waals surface area (Å²) < 4.78 is 28.1. The number of benzene rings is 1. The van der Waals surface area contributed by atoms with Crippen molar-refractivity contribution in [2.45, 2.75) is 40.0 Å². The van der Waals surface area contributed by atoms with Gasteiger partial charge < -0.3 is 0 Å². The van der Waals surface area contributed by atoms with Gasteiger partial charge in [0, 0.05) is 6.42 Å². The Kier molecular flexibility index (Phi) is 3.80. The van der Waals surface area contributed by atoms with E-state index in [0.717, 1.165) is 12.0 Å². The molecule has 2 saturated carbocycles. The van der Waals surface area contributed by atoms with E-state index in [1.54, 1.807) is 25.1 Å². The summed E-state index contributed by atoms with van der Waals surface area (Å²) in [5, 5.41) is 0.368. The van der Waals surface area contributed by atoms with Crippen LogP contribution in [0.4, 0.5) is 5.69 Å². The summed E-state index contributed by atoms with van der Waals surface area (Å²) in [6, 6.07) is 5.23. The summed E-state index contributed by atoms with van der Waals surface area (Å²) in [5.41, 5.74) is 0.135. The molecule has 2 aliphatic rings. The molecule has 0 saturated heterocycles. The molecule has 0 amide bonds. The van der Waals surface area contributed by atoms with Crippen molar-refractivity contribution in [1.29, 1.82) is 0 Å². The highest BCUT2D eigenvalue weighted by Gasteiger charge is 2.65. The van der Waals surface area contributed by atoms with E-state index < -0.39 is 15.4 Å². The minimum Gasteiger partial charge on any atom is -0.299 e. The molecular weight excluding hydrogens is 334 g/mol. The van der Waals surface area contributed by atoms with Crippen LogP contribution < -0.4 is 4.72 Å². The number of anilines is 1. The van der Waals surface area contributed by atoms with Crippen LogP contribution in [-0.4, -0.2) is 20.0 Å². The van der Waals surface area contributed by atoms with E-state index in [2.05, 4.69) is 4.72 Å². The van der Waals surface area contributed by atoms with Crippen LogP contribution in [0.2, 0.25) is 5.02 Å². The number of aryl methyl sites for hydroxylation is 1. The number of para-hydroxylation sites is 1. The van der Waals surface area contributed by atoms with Crippen molar-refractivity contribution < 1.29 is 13.2 Å². The molecule has 1 aromatic carbocycles. The summed E-state index contributed by atoms with van der Waals surface area (Å²) in [6.45, 7) is 5.87. The molecule has 2 bridgehead atoms. The normalized spacial score (nSPS) is 29.0. The lowest BCUT2D eigenvalue weighted by molar-refractivity contribution is -0.128. The third-order valence-corrected chi connectivity index (χ3v) is 7.76. The molecule has 2 aliphatic carbocycles. The van der Waals surface area contributed by atoms with Gasteiger partial charge in [0.1, 0.15) is 5.78 Å². The topological polar surface area (TPSA) is 63.2 Å². The molecular formula is C17H22ClNO3S. The first kappa shape index (κ1) is 16.8. The monoisotopic (exact) mass is 355 g/mol. The Morgan fingerprint density at radius 1 is 1.35 bits per heavy atom. The molecule has 0 aromatic heterocycles. The SMILES string of the molecule is Cc1cccc(Cl)c1NS(=O)(=O)C[C@@]12CC[C@@H](CC1=O)C2(C)C. The highest BCUT2D eigenvalue weighted by atomic mass is 35.5. The quantitative estimate of drug-likeness (QED) is 0.893. The van der Waals surface area contributed by atoms with Crippen molar-refractivity contribution in [3.63, 3.8) is 0 Å². The number of nitrogens with one attached hydrogen (secondary N) is 1. The van der Waals surface area contributed by atoms with Gasteiger partial charge in [-0.2, -0.15) is 0 Å². The Hall–Kier alpha value is -1.07. The first-order valence-corrected chi connectivity index (χ1v) is 9.91. The maximum absolute atomic E-state index is 12.8. The Balaban J connectivity index is 1.92. The Labute approximate surface area is 142 Å². The van der Waals surface area contributed by atoms with E-state index in [1.165, 1.54) is 0 Å². The minimum absolute atomic E-state index is 0.0972. The van der Waals surface area contributed by atoms with Crippen molar-refractivity contribution >= 4 is 33.1 Å². The van der Waals surface area contributed by atoms with Crippen LogP contribution in [0.15, 0.2) is 18.2 Å². The van der Waals surface area contributed by atoms with Crippen LogP contribution in [0, 0.1) is 23.7 Å². The van der Waals surface area contributed by atoms with Crippen molar-refractivity contribution in [1.82, 2.24) is 0 Å². The van der Waals surface area contributed by atoms with Gasteiger partial charge in [-0.1, -0.05) is 37.6 Å². The molecule has 126 valence electrons. The predicted molar refractivity (Wildman–Crippen MR) is 92.2 cm³/mol. The first-order valence-electron chi connectivity index (χ1n) is 7.88. The van der Waals surface area contributed by atoms with Gasteiger partial charge in [-0.05, 0) is 42.7 Å². The van der Waals surface area contributed by atoms with E-state index in [-0.39, 0.29) is 17.0 Å². The second kappa shape index (κ2) is 5.21. The predicted octanol–water partition coefficient (Wildman–Crippen LogP) is 3.79. The van der Waals surface area contributed by atoms with E-state index in [9.17, 15) is 13.2 Å². The highest BCUT2D eigenvalue weighted by Crippen LogP contribution is 2.64. The van der Waals surface area contributed by atoms with E-state index >= 15 is 0 Å².